The summed E-state index contributed by atoms with van der Waals surface area (Å²) in [6.45, 7) is 3.25. The summed E-state index contributed by atoms with van der Waals surface area (Å²) in [5.41, 5.74) is 3.21. The molecule has 0 aliphatic rings. The quantitative estimate of drug-likeness (QED) is 0.106. The van der Waals surface area contributed by atoms with Crippen LogP contribution in [0.15, 0.2) is 71.9 Å². The van der Waals surface area contributed by atoms with Crippen LogP contribution >= 0.6 is 0 Å². The number of hydrogen-bond acceptors (Lipinski definition) is 6. The van der Waals surface area contributed by atoms with Gasteiger partial charge in [0.05, 0.1) is 16.0 Å². The predicted octanol–water partition coefficient (Wildman–Crippen LogP) is 5.98. The second-order valence-corrected chi connectivity index (χ2v) is 7.91. The van der Waals surface area contributed by atoms with Crippen LogP contribution in [0.4, 0.5) is 5.69 Å². The first kappa shape index (κ1) is 22.8. The molecule has 172 valence electrons. The van der Waals surface area contributed by atoms with Gasteiger partial charge in [0.25, 0.3) is 5.69 Å². The minimum atomic E-state index is -0.580. The van der Waals surface area contributed by atoms with Crippen LogP contribution in [0.3, 0.4) is 0 Å². The van der Waals surface area contributed by atoms with Gasteiger partial charge >= 0.3 is 5.97 Å². The van der Waals surface area contributed by atoms with E-state index in [0.29, 0.717) is 12.0 Å². The molecule has 4 rings (SSSR count). The number of ketones is 1. The first-order valence-electron chi connectivity index (χ1n) is 11.0. The Kier molecular flexibility index (Phi) is 6.49. The number of para-hydroxylation sites is 1. The van der Waals surface area contributed by atoms with Gasteiger partial charge in [-0.3, -0.25) is 14.9 Å². The van der Waals surface area contributed by atoms with Gasteiger partial charge in [-0.25, -0.2) is 4.79 Å². The Hall–Kier alpha value is -4.33. The van der Waals surface area contributed by atoms with Crippen LogP contribution in [0.5, 0.6) is 0 Å². The predicted molar refractivity (Wildman–Crippen MR) is 130 cm³/mol. The van der Waals surface area contributed by atoms with Crippen LogP contribution in [0.1, 0.15) is 43.5 Å². The molecule has 3 aromatic carbocycles. The number of fused-ring (bicyclic) bond motifs is 3. The van der Waals surface area contributed by atoms with Gasteiger partial charge in [-0.1, -0.05) is 36.7 Å². The van der Waals surface area contributed by atoms with Crippen molar-refractivity contribution in [2.75, 3.05) is 0 Å². The molecule has 0 amide bonds. The third-order valence-corrected chi connectivity index (χ3v) is 5.57. The first-order valence-corrected chi connectivity index (χ1v) is 11.0. The number of carbonyl (C=O) groups excluding carboxylic acids is 2. The molecule has 0 fully saturated rings. The highest BCUT2D eigenvalue weighted by Gasteiger charge is 2.19. The normalized spacial score (nSPS) is 11.6. The molecule has 8 nitrogen and oxygen atoms in total. The third-order valence-electron chi connectivity index (χ3n) is 5.57. The van der Waals surface area contributed by atoms with E-state index in [9.17, 15) is 19.7 Å². The number of rotatable bonds is 8. The molecule has 1 heterocycles. The maximum absolute atomic E-state index is 13.2. The van der Waals surface area contributed by atoms with Crippen LogP contribution in [0.25, 0.3) is 27.5 Å². The lowest BCUT2D eigenvalue weighted by atomic mass is 10.0. The van der Waals surface area contributed by atoms with Gasteiger partial charge in [-0.05, 0) is 49.2 Å². The van der Waals surface area contributed by atoms with Gasteiger partial charge < -0.3 is 9.40 Å². The lowest BCUT2D eigenvalue weighted by Gasteiger charge is -2.08. The van der Waals surface area contributed by atoms with E-state index in [1.165, 1.54) is 19.1 Å². The number of hydrogen-bond donors (Lipinski definition) is 0. The number of non-ortho nitro benzene ring substituents is 1. The van der Waals surface area contributed by atoms with E-state index in [1.54, 1.807) is 18.2 Å². The van der Waals surface area contributed by atoms with Crippen LogP contribution in [0, 0.1) is 10.1 Å². The monoisotopic (exact) mass is 457 g/mol. The molecule has 1 aromatic heterocycles. The average molecular weight is 457 g/mol. The number of Topliss-reactive ketones (excluding diaryl/α,β-unsaturated/α-hetero) is 1. The second-order valence-electron chi connectivity index (χ2n) is 7.91. The van der Waals surface area contributed by atoms with E-state index in [0.717, 1.165) is 40.3 Å². The van der Waals surface area contributed by atoms with Crippen molar-refractivity contribution in [1.29, 1.82) is 0 Å². The maximum atomic E-state index is 13.2. The number of carbonyl (C=O) groups is 2. The molecule has 8 heteroatoms. The standard InChI is InChI=1S/C26H23N3O5/c1-3-4-8-23(27-34-17(2)30)26(31)18-10-15-25-22(16-18)21-7-5-6-9-24(21)28(25)19-11-13-20(14-12-19)29(32)33/h5-7,9-16H,3-4,8H2,1-2H3. The fourth-order valence-electron chi connectivity index (χ4n) is 3.95. The number of oxime groups is 1. The summed E-state index contributed by atoms with van der Waals surface area (Å²) >= 11 is 0. The summed E-state index contributed by atoms with van der Waals surface area (Å²) < 4.78 is 2.01. The molecule has 0 aliphatic heterocycles. The zero-order valence-electron chi connectivity index (χ0n) is 18.9. The molecule has 0 N–H and O–H groups in total. The highest BCUT2D eigenvalue weighted by molar-refractivity contribution is 6.46. The Morgan fingerprint density at radius 1 is 1.00 bits per heavy atom. The van der Waals surface area contributed by atoms with Gasteiger partial charge in [0.15, 0.2) is 0 Å². The Morgan fingerprint density at radius 2 is 1.71 bits per heavy atom. The number of nitro benzene ring substituents is 1. The van der Waals surface area contributed by atoms with Gasteiger partial charge in [-0.15, -0.1) is 0 Å². The van der Waals surface area contributed by atoms with Crippen LogP contribution in [0.2, 0.25) is 0 Å². The van der Waals surface area contributed by atoms with Crippen LogP contribution in [-0.2, 0) is 9.63 Å². The van der Waals surface area contributed by atoms with Crippen molar-refractivity contribution >= 4 is 45.0 Å². The molecule has 0 bridgehead atoms. The van der Waals surface area contributed by atoms with E-state index < -0.39 is 10.9 Å². The van der Waals surface area contributed by atoms with Crippen molar-refractivity contribution in [1.82, 2.24) is 4.57 Å². The largest absolute Gasteiger partial charge is 0.331 e. The summed E-state index contributed by atoms with van der Waals surface area (Å²) in [4.78, 5) is 39.8. The lowest BCUT2D eigenvalue weighted by Crippen LogP contribution is -2.15. The minimum Gasteiger partial charge on any atom is -0.318 e. The van der Waals surface area contributed by atoms with Crippen LogP contribution < -0.4 is 0 Å². The molecule has 34 heavy (non-hydrogen) atoms. The molecule has 4 aromatic rings. The second kappa shape index (κ2) is 9.66. The molecular weight excluding hydrogens is 434 g/mol. The van der Waals surface area contributed by atoms with Crippen molar-refractivity contribution in [2.24, 2.45) is 5.16 Å². The van der Waals surface area contributed by atoms with Crippen LogP contribution in [-0.4, -0.2) is 27.0 Å². The molecule has 0 saturated carbocycles. The third kappa shape index (κ3) is 4.43. The first-order chi connectivity index (χ1) is 16.4. The molecular formula is C26H23N3O5. The minimum absolute atomic E-state index is 0.0177. The molecule has 0 aliphatic carbocycles. The smallest absolute Gasteiger partial charge is 0.318 e. The average Bonchev–Trinajstić information content (AvgIpc) is 3.17. The summed E-state index contributed by atoms with van der Waals surface area (Å²) in [6, 6.07) is 19.5. The maximum Gasteiger partial charge on any atom is 0.331 e. The Bertz CT molecular complexity index is 1430. The van der Waals surface area contributed by atoms with E-state index in [1.807, 2.05) is 47.9 Å². The molecule has 0 unspecified atom stereocenters. The SMILES string of the molecule is CCCCC(=NOC(C)=O)C(=O)c1ccc2c(c1)c1ccccc1n2-c1ccc([N+](=O)[O-])cc1. The highest BCUT2D eigenvalue weighted by Crippen LogP contribution is 2.33. The summed E-state index contributed by atoms with van der Waals surface area (Å²) in [5.74, 6) is -0.868. The molecule has 0 spiro atoms. The molecule has 0 saturated heterocycles. The topological polar surface area (TPSA) is 104 Å². The van der Waals surface area contributed by atoms with Crippen molar-refractivity contribution in [2.45, 2.75) is 33.1 Å². The number of nitro groups is 1. The lowest BCUT2D eigenvalue weighted by molar-refractivity contribution is -0.384. The van der Waals surface area contributed by atoms with E-state index >= 15 is 0 Å². The summed E-state index contributed by atoms with van der Waals surface area (Å²) in [6.07, 6.45) is 2.02. The van der Waals surface area contributed by atoms with Gasteiger partial charge in [0.2, 0.25) is 5.78 Å². The highest BCUT2D eigenvalue weighted by atomic mass is 16.7. The van der Waals surface area contributed by atoms with E-state index in [-0.39, 0.29) is 17.2 Å². The summed E-state index contributed by atoms with van der Waals surface area (Å²) in [5, 5.41) is 16.7. The fourth-order valence-corrected chi connectivity index (χ4v) is 3.95. The Morgan fingerprint density at radius 3 is 2.38 bits per heavy atom. The van der Waals surface area contributed by atoms with Crippen molar-refractivity contribution in [3.8, 4) is 5.69 Å². The van der Waals surface area contributed by atoms with Gasteiger partial charge in [0.1, 0.15) is 5.71 Å². The van der Waals surface area contributed by atoms with Crippen molar-refractivity contribution in [3.05, 3.63) is 82.4 Å². The number of aromatic nitrogens is 1. The van der Waals surface area contributed by atoms with E-state index in [2.05, 4.69) is 5.16 Å². The van der Waals surface area contributed by atoms with Gasteiger partial charge in [0, 0.05) is 41.1 Å². The number of unbranched alkanes of at least 4 members (excludes halogenated alkanes) is 1. The number of nitrogens with zero attached hydrogens (tertiary/aromatic N) is 3. The number of benzene rings is 3. The Labute approximate surface area is 195 Å². The van der Waals surface area contributed by atoms with Crippen molar-refractivity contribution in [3.63, 3.8) is 0 Å². The van der Waals surface area contributed by atoms with Gasteiger partial charge in [-0.2, -0.15) is 0 Å². The zero-order chi connectivity index (χ0) is 24.2. The fraction of sp³-hybridized carbons (Fsp3) is 0.192. The van der Waals surface area contributed by atoms with Crippen molar-refractivity contribution < 1.29 is 19.3 Å². The van der Waals surface area contributed by atoms with E-state index in [4.69, 9.17) is 4.84 Å². The zero-order valence-corrected chi connectivity index (χ0v) is 18.9. The summed E-state index contributed by atoms with van der Waals surface area (Å²) in [7, 11) is 0. The molecule has 0 atom stereocenters. The molecule has 0 radical (unpaired) electrons. The Balaban J connectivity index is 1.84.